The van der Waals surface area contributed by atoms with Gasteiger partial charge >= 0.3 is 0 Å². The molecule has 1 aromatic carbocycles. The fourth-order valence-electron chi connectivity index (χ4n) is 1.39. The average Bonchev–Trinajstić information content (AvgIpc) is 2.25. The van der Waals surface area contributed by atoms with E-state index in [0.29, 0.717) is 6.54 Å². The van der Waals surface area contributed by atoms with Crippen LogP contribution in [0.15, 0.2) is 18.2 Å². The highest BCUT2D eigenvalue weighted by molar-refractivity contribution is 5.80. The molecular weight excluding hydrogens is 204 g/mol. The maximum Gasteiger partial charge on any atom is 0.236 e. The van der Waals surface area contributed by atoms with Gasteiger partial charge in [-0.3, -0.25) is 4.79 Å². The predicted octanol–water partition coefficient (Wildman–Crippen LogP) is 0.967. The molecule has 88 valence electrons. The van der Waals surface area contributed by atoms with Gasteiger partial charge in [0, 0.05) is 12.1 Å². The summed E-state index contributed by atoms with van der Waals surface area (Å²) in [4.78, 5) is 11.3. The number of aryl methyl sites for hydroxylation is 1. The second-order valence-corrected chi connectivity index (χ2v) is 3.82. The van der Waals surface area contributed by atoms with Crippen molar-refractivity contribution in [3.8, 4) is 5.75 Å². The van der Waals surface area contributed by atoms with Crippen molar-refractivity contribution in [1.82, 2.24) is 5.32 Å². The summed E-state index contributed by atoms with van der Waals surface area (Å²) in [5.41, 5.74) is 7.54. The summed E-state index contributed by atoms with van der Waals surface area (Å²) >= 11 is 0. The van der Waals surface area contributed by atoms with Gasteiger partial charge < -0.3 is 15.8 Å². The standard InChI is InChI=1S/C12H18N2O2/c1-8-4-5-11(16-3)10(6-8)7-14-12(15)9(2)13/h4-6,9H,7,13H2,1-3H3,(H,14,15). The van der Waals surface area contributed by atoms with E-state index in [-0.39, 0.29) is 5.91 Å². The minimum Gasteiger partial charge on any atom is -0.496 e. The highest BCUT2D eigenvalue weighted by Crippen LogP contribution is 2.19. The maximum absolute atomic E-state index is 11.3. The first-order valence-corrected chi connectivity index (χ1v) is 5.21. The lowest BCUT2D eigenvalue weighted by molar-refractivity contribution is -0.122. The highest BCUT2D eigenvalue weighted by atomic mass is 16.5. The fourth-order valence-corrected chi connectivity index (χ4v) is 1.39. The van der Waals surface area contributed by atoms with Crippen molar-refractivity contribution in [1.29, 1.82) is 0 Å². The molecular formula is C12H18N2O2. The molecule has 0 radical (unpaired) electrons. The van der Waals surface area contributed by atoms with Gasteiger partial charge in [0.05, 0.1) is 13.2 Å². The molecule has 1 amide bonds. The van der Waals surface area contributed by atoms with Crippen molar-refractivity contribution < 1.29 is 9.53 Å². The van der Waals surface area contributed by atoms with E-state index in [2.05, 4.69) is 5.32 Å². The number of hydrogen-bond donors (Lipinski definition) is 2. The van der Waals surface area contributed by atoms with Gasteiger partial charge in [-0.1, -0.05) is 17.7 Å². The Balaban J connectivity index is 2.72. The minimum atomic E-state index is -0.490. The minimum absolute atomic E-state index is 0.163. The maximum atomic E-state index is 11.3. The van der Waals surface area contributed by atoms with Gasteiger partial charge in [0.2, 0.25) is 5.91 Å². The van der Waals surface area contributed by atoms with E-state index in [0.717, 1.165) is 16.9 Å². The first-order valence-electron chi connectivity index (χ1n) is 5.21. The normalized spacial score (nSPS) is 12.0. The van der Waals surface area contributed by atoms with Crippen LogP contribution in [0.2, 0.25) is 0 Å². The van der Waals surface area contributed by atoms with Crippen molar-refractivity contribution in [2.75, 3.05) is 7.11 Å². The third-order valence-corrected chi connectivity index (χ3v) is 2.30. The number of rotatable bonds is 4. The molecule has 4 nitrogen and oxygen atoms in total. The van der Waals surface area contributed by atoms with Gasteiger partial charge in [-0.15, -0.1) is 0 Å². The molecule has 0 aliphatic rings. The molecule has 0 bridgehead atoms. The number of ether oxygens (including phenoxy) is 1. The Morgan fingerprint density at radius 1 is 1.56 bits per heavy atom. The molecule has 1 rings (SSSR count). The topological polar surface area (TPSA) is 64.3 Å². The van der Waals surface area contributed by atoms with Crippen LogP contribution in [-0.4, -0.2) is 19.1 Å². The third-order valence-electron chi connectivity index (χ3n) is 2.30. The van der Waals surface area contributed by atoms with Gasteiger partial charge in [-0.2, -0.15) is 0 Å². The molecule has 1 aromatic rings. The van der Waals surface area contributed by atoms with Crippen molar-refractivity contribution in [2.45, 2.75) is 26.4 Å². The summed E-state index contributed by atoms with van der Waals surface area (Å²) in [6.07, 6.45) is 0. The molecule has 0 spiro atoms. The van der Waals surface area contributed by atoms with Crippen LogP contribution in [0.25, 0.3) is 0 Å². The molecule has 0 saturated carbocycles. The molecule has 4 heteroatoms. The van der Waals surface area contributed by atoms with Gasteiger partial charge in [0.15, 0.2) is 0 Å². The van der Waals surface area contributed by atoms with Crippen LogP contribution in [0.3, 0.4) is 0 Å². The van der Waals surface area contributed by atoms with E-state index in [1.165, 1.54) is 0 Å². The molecule has 0 aliphatic heterocycles. The summed E-state index contributed by atoms with van der Waals surface area (Å²) in [5, 5.41) is 2.76. The van der Waals surface area contributed by atoms with E-state index in [9.17, 15) is 4.79 Å². The molecule has 0 saturated heterocycles. The number of nitrogens with one attached hydrogen (secondary N) is 1. The number of nitrogens with two attached hydrogens (primary N) is 1. The second kappa shape index (κ2) is 5.51. The highest BCUT2D eigenvalue weighted by Gasteiger charge is 2.08. The molecule has 0 aliphatic carbocycles. The molecule has 1 atom stereocenters. The van der Waals surface area contributed by atoms with Crippen molar-refractivity contribution >= 4 is 5.91 Å². The smallest absolute Gasteiger partial charge is 0.236 e. The second-order valence-electron chi connectivity index (χ2n) is 3.82. The van der Waals surface area contributed by atoms with Gasteiger partial charge in [-0.05, 0) is 19.9 Å². The zero-order valence-electron chi connectivity index (χ0n) is 9.91. The largest absolute Gasteiger partial charge is 0.496 e. The van der Waals surface area contributed by atoms with E-state index in [4.69, 9.17) is 10.5 Å². The Labute approximate surface area is 95.8 Å². The number of carbonyl (C=O) groups is 1. The number of hydrogen-bond acceptors (Lipinski definition) is 3. The number of carbonyl (C=O) groups excluding carboxylic acids is 1. The Bertz CT molecular complexity index is 375. The Hall–Kier alpha value is -1.55. The molecule has 16 heavy (non-hydrogen) atoms. The van der Waals surface area contributed by atoms with E-state index < -0.39 is 6.04 Å². The lowest BCUT2D eigenvalue weighted by Gasteiger charge is -2.11. The quantitative estimate of drug-likeness (QED) is 0.797. The molecule has 0 heterocycles. The zero-order valence-corrected chi connectivity index (χ0v) is 9.91. The summed E-state index contributed by atoms with van der Waals surface area (Å²) < 4.78 is 5.21. The first kappa shape index (κ1) is 12.5. The van der Waals surface area contributed by atoms with Crippen LogP contribution in [0.4, 0.5) is 0 Å². The molecule has 1 unspecified atom stereocenters. The van der Waals surface area contributed by atoms with Crippen LogP contribution < -0.4 is 15.8 Å². The third kappa shape index (κ3) is 3.24. The lowest BCUT2D eigenvalue weighted by Crippen LogP contribution is -2.37. The summed E-state index contributed by atoms with van der Waals surface area (Å²) in [6, 6.07) is 5.36. The summed E-state index contributed by atoms with van der Waals surface area (Å²) in [6.45, 7) is 4.09. The number of benzene rings is 1. The Kier molecular flexibility index (Phi) is 4.31. The molecule has 3 N–H and O–H groups in total. The predicted molar refractivity (Wildman–Crippen MR) is 63.2 cm³/mol. The van der Waals surface area contributed by atoms with Crippen LogP contribution in [0.1, 0.15) is 18.1 Å². The summed E-state index contributed by atoms with van der Waals surface area (Å²) in [5.74, 6) is 0.610. The van der Waals surface area contributed by atoms with Crippen molar-refractivity contribution in [3.63, 3.8) is 0 Å². The summed E-state index contributed by atoms with van der Waals surface area (Å²) in [7, 11) is 1.61. The SMILES string of the molecule is COc1ccc(C)cc1CNC(=O)C(C)N. The van der Waals surface area contributed by atoms with Crippen molar-refractivity contribution in [2.24, 2.45) is 5.73 Å². The van der Waals surface area contributed by atoms with Crippen LogP contribution >= 0.6 is 0 Å². The van der Waals surface area contributed by atoms with E-state index >= 15 is 0 Å². The average molecular weight is 222 g/mol. The number of methoxy groups -OCH3 is 1. The van der Waals surface area contributed by atoms with Gasteiger partial charge in [0.1, 0.15) is 5.75 Å². The van der Waals surface area contributed by atoms with Gasteiger partial charge in [0.25, 0.3) is 0 Å². The Morgan fingerprint density at radius 2 is 2.25 bits per heavy atom. The van der Waals surface area contributed by atoms with Crippen LogP contribution in [0.5, 0.6) is 5.75 Å². The van der Waals surface area contributed by atoms with Gasteiger partial charge in [-0.25, -0.2) is 0 Å². The first-order chi connectivity index (χ1) is 7.54. The van der Waals surface area contributed by atoms with E-state index in [1.54, 1.807) is 14.0 Å². The van der Waals surface area contributed by atoms with E-state index in [1.807, 2.05) is 25.1 Å². The monoisotopic (exact) mass is 222 g/mol. The number of amides is 1. The molecule has 0 aromatic heterocycles. The van der Waals surface area contributed by atoms with Crippen molar-refractivity contribution in [3.05, 3.63) is 29.3 Å². The molecule has 0 fully saturated rings. The zero-order chi connectivity index (χ0) is 12.1. The van der Waals surface area contributed by atoms with Crippen LogP contribution in [0, 0.1) is 6.92 Å². The lowest BCUT2D eigenvalue weighted by atomic mass is 10.1. The fraction of sp³-hybridized carbons (Fsp3) is 0.417. The Morgan fingerprint density at radius 3 is 2.81 bits per heavy atom. The van der Waals surface area contributed by atoms with Crippen LogP contribution in [-0.2, 0) is 11.3 Å².